The van der Waals surface area contributed by atoms with E-state index in [9.17, 15) is 8.78 Å². The van der Waals surface area contributed by atoms with Crippen molar-refractivity contribution in [2.24, 2.45) is 15.9 Å². The van der Waals surface area contributed by atoms with E-state index < -0.39 is 11.6 Å². The van der Waals surface area contributed by atoms with Crippen LogP contribution in [-0.2, 0) is 5.75 Å². The predicted molar refractivity (Wildman–Crippen MR) is 88.0 cm³/mol. The van der Waals surface area contributed by atoms with Gasteiger partial charge in [-0.3, -0.25) is 0 Å². The van der Waals surface area contributed by atoms with Crippen molar-refractivity contribution >= 4 is 23.1 Å². The lowest BCUT2D eigenvalue weighted by molar-refractivity contribution is 0.567. The lowest BCUT2D eigenvalue weighted by Gasteiger charge is -2.01. The zero-order valence-corrected chi connectivity index (χ0v) is 12.8. The summed E-state index contributed by atoms with van der Waals surface area (Å²) in [5.74, 6) is -0.555. The third kappa shape index (κ3) is 4.39. The highest BCUT2D eigenvalue weighted by molar-refractivity contribution is 8.13. The number of rotatable bonds is 4. The lowest BCUT2D eigenvalue weighted by Crippen LogP contribution is -2.06. The minimum absolute atomic E-state index is 0.0423. The van der Waals surface area contributed by atoms with Crippen molar-refractivity contribution in [2.75, 3.05) is 0 Å². The van der Waals surface area contributed by atoms with Gasteiger partial charge in [0.1, 0.15) is 11.6 Å². The Labute approximate surface area is 132 Å². The molecule has 0 saturated heterocycles. The van der Waals surface area contributed by atoms with Crippen LogP contribution in [0.4, 0.5) is 8.78 Å². The number of amidine groups is 1. The Morgan fingerprint density at radius 1 is 1.18 bits per heavy atom. The Hall–Kier alpha value is -2.21. The molecule has 0 bridgehead atoms. The molecule has 0 saturated carbocycles. The van der Waals surface area contributed by atoms with Crippen LogP contribution in [0.3, 0.4) is 0 Å². The molecule has 22 heavy (non-hydrogen) atoms. The van der Waals surface area contributed by atoms with Crippen LogP contribution in [0.15, 0.2) is 52.7 Å². The largest absolute Gasteiger partial charge is 0.377 e. The lowest BCUT2D eigenvalue weighted by atomic mass is 10.1. The summed E-state index contributed by atoms with van der Waals surface area (Å²) < 4.78 is 26.9. The minimum Gasteiger partial charge on any atom is -0.377 e. The molecule has 0 heterocycles. The molecule has 0 aliphatic rings. The van der Waals surface area contributed by atoms with E-state index in [0.29, 0.717) is 5.75 Å². The first-order chi connectivity index (χ1) is 10.6. The summed E-state index contributed by atoms with van der Waals surface area (Å²) in [4.78, 5) is 0. The van der Waals surface area contributed by atoms with Crippen molar-refractivity contribution in [1.82, 2.24) is 0 Å². The fraction of sp³-hybridized carbons (Fsp3) is 0.125. The molecule has 0 atom stereocenters. The summed E-state index contributed by atoms with van der Waals surface area (Å²) in [5.41, 5.74) is 6.97. The Kier molecular flexibility index (Phi) is 5.66. The third-order valence-electron chi connectivity index (χ3n) is 2.93. The molecule has 3 nitrogen and oxygen atoms in total. The average molecular weight is 319 g/mol. The van der Waals surface area contributed by atoms with Crippen LogP contribution in [0.5, 0.6) is 0 Å². The molecule has 2 N–H and O–H groups in total. The Balaban J connectivity index is 1.97. The topological polar surface area (TPSA) is 50.7 Å². The SMILES string of the molecule is Cc1c(F)ccc(C=NN=C(N)SCc2ccccc2)c1F. The number of thioether (sulfide) groups is 1. The first-order valence-corrected chi connectivity index (χ1v) is 7.54. The van der Waals surface area contributed by atoms with Crippen LogP contribution in [0, 0.1) is 18.6 Å². The Morgan fingerprint density at radius 3 is 2.64 bits per heavy atom. The number of nitrogens with zero attached hydrogens (tertiary/aromatic N) is 2. The molecule has 0 amide bonds. The van der Waals surface area contributed by atoms with Gasteiger partial charge in [0.15, 0.2) is 5.17 Å². The van der Waals surface area contributed by atoms with Crippen LogP contribution in [-0.4, -0.2) is 11.4 Å². The highest BCUT2D eigenvalue weighted by atomic mass is 32.2. The van der Waals surface area contributed by atoms with Crippen LogP contribution in [0.25, 0.3) is 0 Å². The maximum atomic E-state index is 13.7. The van der Waals surface area contributed by atoms with Crippen molar-refractivity contribution in [3.63, 3.8) is 0 Å². The van der Waals surface area contributed by atoms with Crippen LogP contribution >= 0.6 is 11.8 Å². The highest BCUT2D eigenvalue weighted by Gasteiger charge is 2.07. The van der Waals surface area contributed by atoms with Gasteiger partial charge in [-0.25, -0.2) is 8.78 Å². The van der Waals surface area contributed by atoms with Crippen molar-refractivity contribution in [1.29, 1.82) is 0 Å². The third-order valence-corrected chi connectivity index (χ3v) is 3.79. The van der Waals surface area contributed by atoms with Crippen LogP contribution in [0.2, 0.25) is 0 Å². The van der Waals surface area contributed by atoms with E-state index in [-0.39, 0.29) is 16.3 Å². The Morgan fingerprint density at radius 2 is 1.91 bits per heavy atom. The zero-order valence-electron chi connectivity index (χ0n) is 12.0. The molecule has 114 valence electrons. The van der Waals surface area contributed by atoms with Crippen LogP contribution < -0.4 is 5.73 Å². The maximum absolute atomic E-state index is 13.7. The fourth-order valence-corrected chi connectivity index (χ4v) is 2.30. The number of benzene rings is 2. The normalized spacial score (nSPS) is 12.0. The number of hydrogen-bond donors (Lipinski definition) is 1. The van der Waals surface area contributed by atoms with Crippen molar-refractivity contribution in [2.45, 2.75) is 12.7 Å². The van der Waals surface area contributed by atoms with Gasteiger partial charge in [0.2, 0.25) is 0 Å². The molecular weight excluding hydrogens is 304 g/mol. The summed E-state index contributed by atoms with van der Waals surface area (Å²) >= 11 is 1.33. The number of halogens is 2. The van der Waals surface area contributed by atoms with E-state index in [1.807, 2.05) is 30.3 Å². The first kappa shape index (κ1) is 16.2. The highest BCUT2D eigenvalue weighted by Crippen LogP contribution is 2.14. The van der Waals surface area contributed by atoms with Gasteiger partial charge in [-0.15, -0.1) is 5.10 Å². The van der Waals surface area contributed by atoms with E-state index >= 15 is 0 Å². The Bertz CT molecular complexity index is 700. The predicted octanol–water partition coefficient (Wildman–Crippen LogP) is 3.86. The van der Waals surface area contributed by atoms with E-state index in [4.69, 9.17) is 5.73 Å². The fourth-order valence-electron chi connectivity index (χ4n) is 1.69. The van der Waals surface area contributed by atoms with Gasteiger partial charge < -0.3 is 5.73 Å². The van der Waals surface area contributed by atoms with Gasteiger partial charge in [0.25, 0.3) is 0 Å². The second kappa shape index (κ2) is 7.70. The second-order valence-corrected chi connectivity index (χ2v) is 5.53. The minimum atomic E-state index is -0.644. The molecule has 0 aliphatic heterocycles. The van der Waals surface area contributed by atoms with Crippen molar-refractivity contribution < 1.29 is 8.78 Å². The van der Waals surface area contributed by atoms with Crippen molar-refractivity contribution in [3.05, 3.63) is 70.8 Å². The van der Waals surface area contributed by atoms with Crippen molar-refractivity contribution in [3.8, 4) is 0 Å². The van der Waals surface area contributed by atoms with E-state index in [1.165, 1.54) is 37.0 Å². The maximum Gasteiger partial charge on any atom is 0.180 e. The van der Waals surface area contributed by atoms with Crippen LogP contribution in [0.1, 0.15) is 16.7 Å². The quantitative estimate of drug-likeness (QED) is 0.528. The molecule has 0 aromatic heterocycles. The summed E-state index contributed by atoms with van der Waals surface area (Å²) in [6.45, 7) is 1.37. The second-order valence-electron chi connectivity index (χ2n) is 4.53. The molecule has 0 spiro atoms. The molecule has 2 aromatic carbocycles. The van der Waals surface area contributed by atoms with Gasteiger partial charge in [-0.2, -0.15) is 5.10 Å². The molecular formula is C16H15F2N3S. The molecule has 0 radical (unpaired) electrons. The zero-order chi connectivity index (χ0) is 15.9. The van der Waals surface area contributed by atoms with Gasteiger partial charge in [-0.05, 0) is 24.6 Å². The van der Waals surface area contributed by atoms with Gasteiger partial charge in [-0.1, -0.05) is 42.1 Å². The first-order valence-electron chi connectivity index (χ1n) is 6.55. The standard InChI is InChI=1S/C16H15F2N3S/c1-11-14(17)8-7-13(15(11)18)9-20-21-16(19)22-10-12-5-3-2-4-6-12/h2-9H,10H2,1H3,(H2,19,21). The molecule has 0 fully saturated rings. The molecule has 0 aliphatic carbocycles. The summed E-state index contributed by atoms with van der Waals surface area (Å²) in [5, 5.41) is 7.81. The summed E-state index contributed by atoms with van der Waals surface area (Å²) in [6, 6.07) is 12.3. The molecule has 0 unspecified atom stereocenters. The smallest absolute Gasteiger partial charge is 0.180 e. The number of hydrogen-bond acceptors (Lipinski definition) is 3. The molecule has 2 rings (SSSR count). The average Bonchev–Trinajstić information content (AvgIpc) is 2.54. The summed E-state index contributed by atoms with van der Waals surface area (Å²) in [7, 11) is 0. The van der Waals surface area contributed by atoms with E-state index in [1.54, 1.807) is 0 Å². The van der Waals surface area contributed by atoms with E-state index in [0.717, 1.165) is 5.56 Å². The van der Waals surface area contributed by atoms with Gasteiger partial charge in [0.05, 0.1) is 6.21 Å². The summed E-state index contributed by atoms with van der Waals surface area (Å²) in [6.07, 6.45) is 1.22. The van der Waals surface area contributed by atoms with E-state index in [2.05, 4.69) is 10.2 Å². The molecule has 2 aromatic rings. The van der Waals surface area contributed by atoms with Gasteiger partial charge in [0, 0.05) is 16.9 Å². The van der Waals surface area contributed by atoms with Gasteiger partial charge >= 0.3 is 0 Å². The number of nitrogens with two attached hydrogens (primary N) is 1. The molecule has 6 heteroatoms. The monoisotopic (exact) mass is 319 g/mol.